The predicted molar refractivity (Wildman–Crippen MR) is 118 cm³/mol. The minimum atomic E-state index is -1.02. The first kappa shape index (κ1) is 21.0. The summed E-state index contributed by atoms with van der Waals surface area (Å²) in [5.41, 5.74) is 1.42. The zero-order valence-electron chi connectivity index (χ0n) is 17.3. The molecule has 0 spiro atoms. The fourth-order valence-corrected chi connectivity index (χ4v) is 3.39. The molecule has 0 bridgehead atoms. The quantitative estimate of drug-likeness (QED) is 0.461. The number of ether oxygens (including phenoxy) is 1. The molecule has 0 saturated carbocycles. The summed E-state index contributed by atoms with van der Waals surface area (Å²) in [4.78, 5) is 49.6. The summed E-state index contributed by atoms with van der Waals surface area (Å²) in [6.07, 6.45) is -1.02. The first-order chi connectivity index (χ1) is 15.4. The number of nitrogens with zero attached hydrogens (tertiary/aromatic N) is 1. The summed E-state index contributed by atoms with van der Waals surface area (Å²) in [6, 6.07) is 19.3. The smallest absolute Gasteiger partial charge is 0.338 e. The van der Waals surface area contributed by atoms with Crippen molar-refractivity contribution in [3.05, 3.63) is 77.9 Å². The van der Waals surface area contributed by atoms with Crippen molar-refractivity contribution in [1.82, 2.24) is 10.2 Å². The third-order valence-corrected chi connectivity index (χ3v) is 5.11. The lowest BCUT2D eigenvalue weighted by molar-refractivity contribution is -0.125. The van der Waals surface area contributed by atoms with Crippen LogP contribution in [0.2, 0.25) is 0 Å². The molecular weight excluding hydrogens is 410 g/mol. The third-order valence-electron chi connectivity index (χ3n) is 5.11. The van der Waals surface area contributed by atoms with Gasteiger partial charge in [0.05, 0.1) is 18.7 Å². The van der Waals surface area contributed by atoms with Crippen LogP contribution in [0.1, 0.15) is 22.8 Å². The summed E-state index contributed by atoms with van der Waals surface area (Å²) >= 11 is 0. The number of benzene rings is 3. The van der Waals surface area contributed by atoms with Gasteiger partial charge in [-0.15, -0.1) is 0 Å². The Kier molecular flexibility index (Phi) is 5.85. The lowest BCUT2D eigenvalue weighted by Crippen LogP contribution is -2.31. The minimum absolute atomic E-state index is 0.0373. The number of hydrogen-bond donors (Lipinski definition) is 2. The molecule has 32 heavy (non-hydrogen) atoms. The van der Waals surface area contributed by atoms with Crippen molar-refractivity contribution in [1.29, 1.82) is 0 Å². The monoisotopic (exact) mass is 431 g/mol. The fourth-order valence-electron chi connectivity index (χ4n) is 3.39. The zero-order chi connectivity index (χ0) is 22.7. The highest BCUT2D eigenvalue weighted by Crippen LogP contribution is 2.19. The Labute approximate surface area is 184 Å². The average Bonchev–Trinajstić information content (AvgIpc) is 3.11. The molecular formula is C24H21N3O5. The molecule has 162 valence electrons. The Balaban J connectivity index is 1.38. The molecule has 4 rings (SSSR count). The lowest BCUT2D eigenvalue weighted by atomic mass is 10.1. The van der Waals surface area contributed by atoms with Crippen molar-refractivity contribution in [2.45, 2.75) is 19.6 Å². The highest BCUT2D eigenvalue weighted by molar-refractivity contribution is 6.02. The van der Waals surface area contributed by atoms with Gasteiger partial charge in [-0.05, 0) is 47.5 Å². The van der Waals surface area contributed by atoms with Gasteiger partial charge >= 0.3 is 12.0 Å². The topological polar surface area (TPSA) is 105 Å². The number of anilines is 1. The number of rotatable bonds is 6. The van der Waals surface area contributed by atoms with E-state index in [0.717, 1.165) is 15.7 Å². The van der Waals surface area contributed by atoms with Crippen LogP contribution in [0.25, 0.3) is 10.8 Å². The van der Waals surface area contributed by atoms with Gasteiger partial charge in [-0.2, -0.15) is 0 Å². The van der Waals surface area contributed by atoms with Crippen molar-refractivity contribution in [2.75, 3.05) is 11.9 Å². The van der Waals surface area contributed by atoms with Crippen LogP contribution in [0, 0.1) is 0 Å². The molecule has 1 aliphatic rings. The van der Waals surface area contributed by atoms with E-state index < -0.39 is 24.0 Å². The summed E-state index contributed by atoms with van der Waals surface area (Å²) in [7, 11) is 0. The van der Waals surface area contributed by atoms with Crippen LogP contribution in [0.3, 0.4) is 0 Å². The van der Waals surface area contributed by atoms with E-state index in [1.165, 1.54) is 13.0 Å². The van der Waals surface area contributed by atoms with Crippen LogP contribution < -0.4 is 10.6 Å². The maximum atomic E-state index is 12.5. The molecule has 1 aliphatic heterocycles. The van der Waals surface area contributed by atoms with Crippen molar-refractivity contribution in [3.63, 3.8) is 0 Å². The molecule has 0 aromatic heterocycles. The van der Waals surface area contributed by atoms with E-state index in [4.69, 9.17) is 4.74 Å². The van der Waals surface area contributed by atoms with Crippen molar-refractivity contribution < 1.29 is 23.9 Å². The number of urea groups is 1. The molecule has 4 amide bonds. The molecule has 3 aromatic carbocycles. The SMILES string of the molecule is CC(OC(=O)c1cccc(CN2C(=O)CNC2=O)c1)C(=O)Nc1ccc2ccccc2c1. The van der Waals surface area contributed by atoms with E-state index >= 15 is 0 Å². The van der Waals surface area contributed by atoms with E-state index in [0.29, 0.717) is 11.3 Å². The summed E-state index contributed by atoms with van der Waals surface area (Å²) < 4.78 is 5.31. The van der Waals surface area contributed by atoms with Crippen molar-refractivity contribution >= 4 is 40.3 Å². The number of esters is 1. The Morgan fingerprint density at radius 1 is 1.03 bits per heavy atom. The van der Waals surface area contributed by atoms with Gasteiger partial charge in [0.1, 0.15) is 0 Å². The van der Waals surface area contributed by atoms with E-state index in [-0.39, 0.29) is 24.6 Å². The number of amides is 4. The van der Waals surface area contributed by atoms with Crippen LogP contribution in [0.15, 0.2) is 66.7 Å². The average molecular weight is 431 g/mol. The summed E-state index contributed by atoms with van der Waals surface area (Å²) in [5, 5.41) is 7.24. The third kappa shape index (κ3) is 4.59. The van der Waals surface area contributed by atoms with E-state index in [9.17, 15) is 19.2 Å². The maximum Gasteiger partial charge on any atom is 0.338 e. The second kappa shape index (κ2) is 8.89. The number of nitrogens with one attached hydrogen (secondary N) is 2. The van der Waals surface area contributed by atoms with Crippen LogP contribution >= 0.6 is 0 Å². The molecule has 0 aliphatic carbocycles. The highest BCUT2D eigenvalue weighted by atomic mass is 16.5. The van der Waals surface area contributed by atoms with Gasteiger partial charge in [0, 0.05) is 5.69 Å². The van der Waals surface area contributed by atoms with Crippen LogP contribution in [-0.4, -0.2) is 41.4 Å². The predicted octanol–water partition coefficient (Wildman–Crippen LogP) is 3.08. The fraction of sp³-hybridized carbons (Fsp3) is 0.167. The van der Waals surface area contributed by atoms with Gasteiger partial charge in [0.2, 0.25) is 5.91 Å². The largest absolute Gasteiger partial charge is 0.449 e. The standard InChI is InChI=1S/C24H21N3O5/c1-15(22(29)26-20-10-9-17-6-2-3-7-18(17)12-20)32-23(30)19-8-4-5-16(11-19)14-27-21(28)13-25-24(27)31/h2-12,15H,13-14H2,1H3,(H,25,31)(H,26,29). The molecule has 1 heterocycles. The first-order valence-corrected chi connectivity index (χ1v) is 10.1. The molecule has 8 heteroatoms. The second-order valence-corrected chi connectivity index (χ2v) is 7.44. The number of carbonyl (C=O) groups is 4. The summed E-state index contributed by atoms with van der Waals surface area (Å²) in [5.74, 6) is -1.46. The van der Waals surface area contributed by atoms with Crippen molar-refractivity contribution in [2.24, 2.45) is 0 Å². The Hall–Kier alpha value is -4.20. The molecule has 0 radical (unpaired) electrons. The number of fused-ring (bicyclic) bond motifs is 1. The highest BCUT2D eigenvalue weighted by Gasteiger charge is 2.28. The molecule has 1 atom stereocenters. The molecule has 3 aromatic rings. The number of hydrogen-bond acceptors (Lipinski definition) is 5. The second-order valence-electron chi connectivity index (χ2n) is 7.44. The number of imide groups is 1. The molecule has 2 N–H and O–H groups in total. The number of carbonyl (C=O) groups excluding carboxylic acids is 4. The Morgan fingerprint density at radius 2 is 1.81 bits per heavy atom. The van der Waals surface area contributed by atoms with Crippen LogP contribution in [-0.2, 0) is 20.9 Å². The molecule has 1 fully saturated rings. The lowest BCUT2D eigenvalue weighted by Gasteiger charge is -2.15. The molecule has 1 unspecified atom stereocenters. The van der Waals surface area contributed by atoms with Gasteiger partial charge in [-0.1, -0.05) is 42.5 Å². The first-order valence-electron chi connectivity index (χ1n) is 10.1. The zero-order valence-corrected chi connectivity index (χ0v) is 17.3. The Morgan fingerprint density at radius 3 is 2.56 bits per heavy atom. The van der Waals surface area contributed by atoms with Crippen LogP contribution in [0.4, 0.5) is 10.5 Å². The van der Waals surface area contributed by atoms with E-state index in [1.54, 1.807) is 24.3 Å². The van der Waals surface area contributed by atoms with E-state index in [1.807, 2.05) is 36.4 Å². The maximum absolute atomic E-state index is 12.5. The van der Waals surface area contributed by atoms with Gasteiger partial charge < -0.3 is 15.4 Å². The van der Waals surface area contributed by atoms with Crippen LogP contribution in [0.5, 0.6) is 0 Å². The van der Waals surface area contributed by atoms with Gasteiger partial charge in [-0.3, -0.25) is 14.5 Å². The van der Waals surface area contributed by atoms with E-state index in [2.05, 4.69) is 10.6 Å². The normalized spacial score (nSPS) is 14.2. The Bertz CT molecular complexity index is 1210. The minimum Gasteiger partial charge on any atom is -0.449 e. The van der Waals surface area contributed by atoms with Gasteiger partial charge in [0.15, 0.2) is 6.10 Å². The van der Waals surface area contributed by atoms with Gasteiger partial charge in [0.25, 0.3) is 5.91 Å². The van der Waals surface area contributed by atoms with Gasteiger partial charge in [-0.25, -0.2) is 9.59 Å². The summed E-state index contributed by atoms with van der Waals surface area (Å²) in [6.45, 7) is 1.50. The van der Waals surface area contributed by atoms with Crippen molar-refractivity contribution in [3.8, 4) is 0 Å². The molecule has 8 nitrogen and oxygen atoms in total. The molecule has 1 saturated heterocycles.